The molecule has 0 saturated heterocycles. The molecular formula is C28H42O. The molecule has 0 atom stereocenters. The third-order valence-corrected chi connectivity index (χ3v) is 7.52. The van der Waals surface area contributed by atoms with Crippen molar-refractivity contribution in [1.82, 2.24) is 0 Å². The number of hydrogen-bond donors (Lipinski definition) is 0. The molecule has 2 saturated carbocycles. The summed E-state index contributed by atoms with van der Waals surface area (Å²) in [4.78, 5) is 0. The summed E-state index contributed by atoms with van der Waals surface area (Å²) in [6.07, 6.45) is 22.2. The topological polar surface area (TPSA) is 9.23 Å². The van der Waals surface area contributed by atoms with Crippen molar-refractivity contribution in [3.8, 4) is 0 Å². The average Bonchev–Trinajstić information content (AvgIpc) is 2.78. The summed E-state index contributed by atoms with van der Waals surface area (Å²) < 4.78 is 5.53. The molecular weight excluding hydrogens is 352 g/mol. The van der Waals surface area contributed by atoms with Gasteiger partial charge < -0.3 is 4.74 Å². The lowest BCUT2D eigenvalue weighted by Gasteiger charge is -2.37. The van der Waals surface area contributed by atoms with Crippen molar-refractivity contribution in [2.45, 2.75) is 84.2 Å². The molecule has 2 aliphatic carbocycles. The molecule has 2 fully saturated rings. The Morgan fingerprint density at radius 1 is 0.862 bits per heavy atom. The fourth-order valence-corrected chi connectivity index (χ4v) is 5.61. The van der Waals surface area contributed by atoms with Crippen LogP contribution in [0.25, 0.3) is 0 Å². The van der Waals surface area contributed by atoms with Crippen LogP contribution in [0.15, 0.2) is 49.1 Å². The molecule has 1 aromatic carbocycles. The molecule has 1 nitrogen and oxygen atoms in total. The van der Waals surface area contributed by atoms with Gasteiger partial charge in [-0.05, 0) is 99.5 Å². The summed E-state index contributed by atoms with van der Waals surface area (Å²) >= 11 is 0. The van der Waals surface area contributed by atoms with E-state index >= 15 is 0 Å². The molecule has 0 spiro atoms. The highest BCUT2D eigenvalue weighted by Gasteiger charge is 2.30. The first-order valence-corrected chi connectivity index (χ1v) is 12.2. The van der Waals surface area contributed by atoms with E-state index in [1.54, 1.807) is 6.08 Å². The van der Waals surface area contributed by atoms with Crippen molar-refractivity contribution < 1.29 is 4.74 Å². The molecule has 2 aliphatic rings. The summed E-state index contributed by atoms with van der Waals surface area (Å²) in [7, 11) is 0. The van der Waals surface area contributed by atoms with Crippen LogP contribution in [0.3, 0.4) is 0 Å². The van der Waals surface area contributed by atoms with Gasteiger partial charge in [0.05, 0.1) is 13.2 Å². The number of ether oxygens (including phenoxy) is 1. The minimum Gasteiger partial charge on any atom is -0.373 e. The van der Waals surface area contributed by atoms with Gasteiger partial charge in [-0.2, -0.15) is 0 Å². The second-order valence-corrected chi connectivity index (χ2v) is 9.53. The van der Waals surface area contributed by atoms with Gasteiger partial charge in [0.1, 0.15) is 0 Å². The van der Waals surface area contributed by atoms with Crippen LogP contribution in [-0.4, -0.2) is 6.61 Å². The van der Waals surface area contributed by atoms with Gasteiger partial charge in [0.2, 0.25) is 0 Å². The van der Waals surface area contributed by atoms with Crippen molar-refractivity contribution in [3.63, 3.8) is 0 Å². The summed E-state index contributed by atoms with van der Waals surface area (Å²) in [6, 6.07) is 9.04. The van der Waals surface area contributed by atoms with Crippen LogP contribution in [0.2, 0.25) is 0 Å². The van der Waals surface area contributed by atoms with Gasteiger partial charge in [0, 0.05) is 0 Å². The quantitative estimate of drug-likeness (QED) is 0.289. The molecule has 0 heterocycles. The van der Waals surface area contributed by atoms with Crippen LogP contribution in [0.4, 0.5) is 0 Å². The molecule has 0 radical (unpaired) electrons. The first-order valence-electron chi connectivity index (χ1n) is 12.2. The molecule has 0 unspecified atom stereocenters. The highest BCUT2D eigenvalue weighted by Crippen LogP contribution is 2.42. The molecule has 0 aromatic heterocycles. The Balaban J connectivity index is 1.32. The zero-order chi connectivity index (χ0) is 20.3. The number of benzene rings is 1. The Morgan fingerprint density at radius 2 is 1.45 bits per heavy atom. The van der Waals surface area contributed by atoms with Crippen molar-refractivity contribution in [1.29, 1.82) is 0 Å². The SMILES string of the molecule is C=CCOCc1ccc(CCC2CCC(C3CCC(CC=CC)CC3)CC2)cc1. The summed E-state index contributed by atoms with van der Waals surface area (Å²) in [5.74, 6) is 3.99. The van der Waals surface area contributed by atoms with Gasteiger partial charge >= 0.3 is 0 Å². The minimum absolute atomic E-state index is 0.627. The number of aryl methyl sites for hydroxylation is 1. The van der Waals surface area contributed by atoms with Crippen molar-refractivity contribution >= 4 is 0 Å². The number of hydrogen-bond acceptors (Lipinski definition) is 1. The number of allylic oxidation sites excluding steroid dienone is 2. The summed E-state index contributed by atoms with van der Waals surface area (Å²) in [6.45, 7) is 7.16. The maximum Gasteiger partial charge on any atom is 0.0721 e. The first-order chi connectivity index (χ1) is 14.3. The normalized spacial score (nSPS) is 27.9. The van der Waals surface area contributed by atoms with Crippen LogP contribution in [-0.2, 0) is 17.8 Å². The van der Waals surface area contributed by atoms with E-state index in [1.165, 1.54) is 81.8 Å². The number of rotatable bonds is 10. The van der Waals surface area contributed by atoms with Crippen LogP contribution < -0.4 is 0 Å². The second-order valence-electron chi connectivity index (χ2n) is 9.53. The average molecular weight is 395 g/mol. The third-order valence-electron chi connectivity index (χ3n) is 7.52. The van der Waals surface area contributed by atoms with Crippen molar-refractivity contribution in [2.24, 2.45) is 23.7 Å². The molecule has 3 rings (SSSR count). The summed E-state index contributed by atoms with van der Waals surface area (Å²) in [5, 5.41) is 0. The first kappa shape index (κ1) is 22.3. The lowest BCUT2D eigenvalue weighted by Crippen LogP contribution is -2.26. The molecule has 0 aliphatic heterocycles. The fraction of sp³-hybridized carbons (Fsp3) is 0.643. The Kier molecular flexibility index (Phi) is 9.54. The van der Waals surface area contributed by atoms with Gasteiger partial charge in [0.15, 0.2) is 0 Å². The van der Waals surface area contributed by atoms with E-state index in [-0.39, 0.29) is 0 Å². The van der Waals surface area contributed by atoms with Gasteiger partial charge in [0.25, 0.3) is 0 Å². The van der Waals surface area contributed by atoms with Crippen LogP contribution in [0.1, 0.15) is 82.3 Å². The highest BCUT2D eigenvalue weighted by molar-refractivity contribution is 5.22. The monoisotopic (exact) mass is 394 g/mol. The summed E-state index contributed by atoms with van der Waals surface area (Å²) in [5.41, 5.74) is 2.75. The predicted octanol–water partition coefficient (Wildman–Crippen LogP) is 7.90. The van der Waals surface area contributed by atoms with E-state index in [0.29, 0.717) is 13.2 Å². The van der Waals surface area contributed by atoms with E-state index in [0.717, 1.165) is 23.7 Å². The predicted molar refractivity (Wildman–Crippen MR) is 125 cm³/mol. The highest BCUT2D eigenvalue weighted by atomic mass is 16.5. The Hall–Kier alpha value is -1.34. The van der Waals surface area contributed by atoms with Gasteiger partial charge in [-0.1, -0.05) is 55.3 Å². The Labute approximate surface area is 179 Å². The molecule has 1 heteroatoms. The standard InChI is InChI=1S/C28H42O/c1-3-5-6-23-13-17-27(18-14-23)28-19-15-25(16-20-28)8-7-24-9-11-26(12-10-24)22-29-21-4-2/h3-5,9-12,23,25,27-28H,2,6-8,13-22H2,1H3. The van der Waals surface area contributed by atoms with E-state index in [2.05, 4.69) is 49.9 Å². The van der Waals surface area contributed by atoms with Gasteiger partial charge in [-0.25, -0.2) is 0 Å². The largest absolute Gasteiger partial charge is 0.373 e. The van der Waals surface area contributed by atoms with Crippen molar-refractivity contribution in [2.75, 3.05) is 6.61 Å². The second kappa shape index (κ2) is 12.4. The minimum atomic E-state index is 0.627. The van der Waals surface area contributed by atoms with Crippen LogP contribution in [0, 0.1) is 23.7 Å². The zero-order valence-electron chi connectivity index (χ0n) is 18.7. The maximum absolute atomic E-state index is 5.53. The van der Waals surface area contributed by atoms with Gasteiger partial charge in [-0.15, -0.1) is 6.58 Å². The fourth-order valence-electron chi connectivity index (χ4n) is 5.61. The van der Waals surface area contributed by atoms with E-state index in [1.807, 2.05) is 0 Å². The lowest BCUT2D eigenvalue weighted by molar-refractivity contribution is 0.144. The molecule has 29 heavy (non-hydrogen) atoms. The maximum atomic E-state index is 5.53. The van der Waals surface area contributed by atoms with Crippen LogP contribution >= 0.6 is 0 Å². The lowest BCUT2D eigenvalue weighted by atomic mass is 9.68. The molecule has 160 valence electrons. The Morgan fingerprint density at radius 3 is 2.03 bits per heavy atom. The molecule has 1 aromatic rings. The molecule has 0 amide bonds. The zero-order valence-corrected chi connectivity index (χ0v) is 18.7. The van der Waals surface area contributed by atoms with E-state index in [9.17, 15) is 0 Å². The van der Waals surface area contributed by atoms with E-state index in [4.69, 9.17) is 4.74 Å². The van der Waals surface area contributed by atoms with Gasteiger partial charge in [-0.3, -0.25) is 0 Å². The van der Waals surface area contributed by atoms with Crippen LogP contribution in [0.5, 0.6) is 0 Å². The smallest absolute Gasteiger partial charge is 0.0721 e. The Bertz CT molecular complexity index is 598. The van der Waals surface area contributed by atoms with Crippen molar-refractivity contribution in [3.05, 3.63) is 60.2 Å². The third kappa shape index (κ3) is 7.45. The molecule has 0 N–H and O–H groups in total. The van der Waals surface area contributed by atoms with E-state index < -0.39 is 0 Å². The molecule has 0 bridgehead atoms.